The summed E-state index contributed by atoms with van der Waals surface area (Å²) in [5.41, 5.74) is 1.24. The Bertz CT molecular complexity index is 1010. The number of fused-ring (bicyclic) bond motifs is 4. The fourth-order valence-electron chi connectivity index (χ4n) is 5.38. The number of carbonyl (C=O) groups excluding carboxylic acids is 2. The minimum atomic E-state index is -0.965. The van der Waals surface area contributed by atoms with Crippen molar-refractivity contribution in [3.63, 3.8) is 0 Å². The number of nitrogens with one attached hydrogen (secondary N) is 2. The third-order valence-electron chi connectivity index (χ3n) is 6.51. The Kier molecular flexibility index (Phi) is 4.29. The van der Waals surface area contributed by atoms with Crippen LogP contribution < -0.4 is 15.4 Å². The van der Waals surface area contributed by atoms with E-state index < -0.39 is 11.5 Å². The number of rotatable bonds is 3. The van der Waals surface area contributed by atoms with Crippen LogP contribution in [0.3, 0.4) is 0 Å². The van der Waals surface area contributed by atoms with Crippen molar-refractivity contribution in [2.45, 2.75) is 30.8 Å². The van der Waals surface area contributed by atoms with E-state index in [-0.39, 0.29) is 17.9 Å². The van der Waals surface area contributed by atoms with E-state index >= 15 is 0 Å². The van der Waals surface area contributed by atoms with E-state index in [1.54, 1.807) is 25.3 Å². The van der Waals surface area contributed by atoms with Crippen molar-refractivity contribution >= 4 is 34.8 Å². The lowest BCUT2D eigenvalue weighted by atomic mass is 9.78. The summed E-state index contributed by atoms with van der Waals surface area (Å²) in [4.78, 5) is 29.1. The number of halogens is 1. The van der Waals surface area contributed by atoms with Crippen LogP contribution in [-0.2, 0) is 15.1 Å². The van der Waals surface area contributed by atoms with E-state index in [9.17, 15) is 9.59 Å². The zero-order valence-electron chi connectivity index (χ0n) is 16.1. The van der Waals surface area contributed by atoms with Crippen molar-refractivity contribution in [1.29, 1.82) is 0 Å². The number of para-hydroxylation sites is 1. The normalized spacial score (nSPS) is 27.6. The first-order valence-corrected chi connectivity index (χ1v) is 10.3. The second kappa shape index (κ2) is 6.75. The maximum atomic E-state index is 13.5. The van der Waals surface area contributed by atoms with E-state index in [2.05, 4.69) is 15.5 Å². The highest BCUT2D eigenvalue weighted by atomic mass is 35.5. The molecule has 6 nitrogen and oxygen atoms in total. The lowest BCUT2D eigenvalue weighted by Gasteiger charge is -2.36. The van der Waals surface area contributed by atoms with Crippen molar-refractivity contribution in [2.75, 3.05) is 24.3 Å². The van der Waals surface area contributed by atoms with Crippen molar-refractivity contribution in [1.82, 2.24) is 4.90 Å². The van der Waals surface area contributed by atoms with Gasteiger partial charge in [0.25, 0.3) is 0 Å². The first-order valence-electron chi connectivity index (χ1n) is 9.88. The summed E-state index contributed by atoms with van der Waals surface area (Å²) in [6.07, 6.45) is 2.69. The Labute approximate surface area is 174 Å². The molecule has 5 rings (SSSR count). The van der Waals surface area contributed by atoms with Gasteiger partial charge in [-0.05, 0) is 50.1 Å². The van der Waals surface area contributed by atoms with Gasteiger partial charge in [-0.2, -0.15) is 0 Å². The van der Waals surface area contributed by atoms with Gasteiger partial charge in [0.05, 0.1) is 18.7 Å². The van der Waals surface area contributed by atoms with E-state index in [1.165, 1.54) is 0 Å². The molecule has 1 spiro atoms. The average Bonchev–Trinajstić information content (AvgIpc) is 3.36. The second-order valence-electron chi connectivity index (χ2n) is 7.88. The predicted octanol–water partition coefficient (Wildman–Crippen LogP) is 3.62. The Morgan fingerprint density at radius 1 is 1.31 bits per heavy atom. The van der Waals surface area contributed by atoms with Crippen LogP contribution in [0.25, 0.3) is 0 Å². The molecule has 3 aliphatic heterocycles. The van der Waals surface area contributed by atoms with Crippen molar-refractivity contribution in [3.05, 3.63) is 53.1 Å². The third-order valence-corrected chi connectivity index (χ3v) is 6.75. The molecule has 2 saturated heterocycles. The maximum absolute atomic E-state index is 13.5. The average molecular weight is 412 g/mol. The Morgan fingerprint density at radius 2 is 2.14 bits per heavy atom. The molecule has 2 amide bonds. The Hall–Kier alpha value is -2.57. The van der Waals surface area contributed by atoms with Crippen molar-refractivity contribution in [3.8, 4) is 5.75 Å². The number of hydrogen-bond acceptors (Lipinski definition) is 4. The highest BCUT2D eigenvalue weighted by Crippen LogP contribution is 2.55. The lowest BCUT2D eigenvalue weighted by molar-refractivity contribution is -0.135. The fraction of sp³-hybridized carbons (Fsp3) is 0.364. The summed E-state index contributed by atoms with van der Waals surface area (Å²) in [5, 5.41) is 6.50. The predicted molar refractivity (Wildman–Crippen MR) is 111 cm³/mol. The van der Waals surface area contributed by atoms with E-state index in [1.807, 2.05) is 24.3 Å². The molecule has 2 fully saturated rings. The van der Waals surface area contributed by atoms with Crippen LogP contribution >= 0.6 is 11.6 Å². The van der Waals surface area contributed by atoms with E-state index in [0.717, 1.165) is 30.6 Å². The summed E-state index contributed by atoms with van der Waals surface area (Å²) >= 11 is 6.13. The number of amides is 2. The van der Waals surface area contributed by atoms with Gasteiger partial charge in [-0.3, -0.25) is 14.5 Å². The van der Waals surface area contributed by atoms with E-state index in [0.29, 0.717) is 22.9 Å². The van der Waals surface area contributed by atoms with Crippen molar-refractivity contribution < 1.29 is 14.3 Å². The summed E-state index contributed by atoms with van der Waals surface area (Å²) in [6, 6.07) is 13.0. The first-order chi connectivity index (χ1) is 14.1. The summed E-state index contributed by atoms with van der Waals surface area (Å²) in [6.45, 7) is 0.816. The molecule has 29 heavy (non-hydrogen) atoms. The van der Waals surface area contributed by atoms with Gasteiger partial charge in [-0.15, -0.1) is 0 Å². The zero-order valence-corrected chi connectivity index (χ0v) is 16.8. The van der Waals surface area contributed by atoms with Crippen LogP contribution in [0.5, 0.6) is 5.75 Å². The number of benzene rings is 2. The molecule has 150 valence electrons. The van der Waals surface area contributed by atoms with Gasteiger partial charge in [-0.25, -0.2) is 0 Å². The van der Waals surface area contributed by atoms with Gasteiger partial charge in [-0.1, -0.05) is 29.8 Å². The monoisotopic (exact) mass is 411 g/mol. The van der Waals surface area contributed by atoms with Crippen LogP contribution in [0.15, 0.2) is 42.5 Å². The minimum Gasteiger partial charge on any atom is -0.495 e. The standard InChI is InChI=1S/C22H22ClN3O3/c1-29-19-9-8-13(23)11-18(19)24-20(27)16-12-14-5-4-10-26(14)22(16)15-6-2-3-7-17(15)25-21(22)28/h2-3,6-9,11,14,16H,4-5,10,12H2,1H3,(H,24,27)(H,25,28)/t14-,16+,22-/m0/s1. The Balaban J connectivity index is 1.57. The lowest BCUT2D eigenvalue weighted by Crippen LogP contribution is -2.53. The second-order valence-corrected chi connectivity index (χ2v) is 8.31. The SMILES string of the molecule is COc1ccc(Cl)cc1NC(=O)[C@H]1C[C@@H]2CCCN2[C@]12C(=O)Nc1ccccc12. The molecule has 0 bridgehead atoms. The van der Waals surface area contributed by atoms with Gasteiger partial charge < -0.3 is 15.4 Å². The zero-order chi connectivity index (χ0) is 20.2. The van der Waals surface area contributed by atoms with Crippen LogP contribution in [0.2, 0.25) is 5.02 Å². The molecule has 2 N–H and O–H groups in total. The molecule has 0 aromatic heterocycles. The Morgan fingerprint density at radius 3 is 2.97 bits per heavy atom. The van der Waals surface area contributed by atoms with Gasteiger partial charge >= 0.3 is 0 Å². The molecule has 0 radical (unpaired) electrons. The van der Waals surface area contributed by atoms with Gasteiger partial charge in [0.1, 0.15) is 11.3 Å². The van der Waals surface area contributed by atoms with Gasteiger partial charge in [0, 0.05) is 22.3 Å². The van der Waals surface area contributed by atoms with Crippen LogP contribution in [0.1, 0.15) is 24.8 Å². The molecule has 2 aromatic rings. The molecule has 3 atom stereocenters. The van der Waals surface area contributed by atoms with Gasteiger partial charge in [0.2, 0.25) is 11.8 Å². The quantitative estimate of drug-likeness (QED) is 0.809. The van der Waals surface area contributed by atoms with Crippen molar-refractivity contribution in [2.24, 2.45) is 5.92 Å². The molecule has 2 aromatic carbocycles. The highest BCUT2D eigenvalue weighted by Gasteiger charge is 2.65. The topological polar surface area (TPSA) is 70.7 Å². The van der Waals surface area contributed by atoms with Crippen LogP contribution in [0.4, 0.5) is 11.4 Å². The number of nitrogens with zero attached hydrogens (tertiary/aromatic N) is 1. The molecular weight excluding hydrogens is 390 g/mol. The highest BCUT2D eigenvalue weighted by molar-refractivity contribution is 6.31. The number of ether oxygens (including phenoxy) is 1. The molecule has 0 unspecified atom stereocenters. The summed E-state index contributed by atoms with van der Waals surface area (Å²) in [7, 11) is 1.55. The largest absolute Gasteiger partial charge is 0.495 e. The fourth-order valence-corrected chi connectivity index (χ4v) is 5.55. The van der Waals surface area contributed by atoms with E-state index in [4.69, 9.17) is 16.3 Å². The minimum absolute atomic E-state index is 0.110. The summed E-state index contributed by atoms with van der Waals surface area (Å²) in [5.74, 6) is -0.264. The molecule has 3 heterocycles. The summed E-state index contributed by atoms with van der Waals surface area (Å²) < 4.78 is 5.37. The number of carbonyl (C=O) groups is 2. The van der Waals surface area contributed by atoms with Gasteiger partial charge in [0.15, 0.2) is 0 Å². The molecule has 7 heteroatoms. The van der Waals surface area contributed by atoms with Crippen LogP contribution in [-0.4, -0.2) is 36.4 Å². The molecule has 0 aliphatic carbocycles. The molecule has 3 aliphatic rings. The molecule has 0 saturated carbocycles. The number of anilines is 2. The smallest absolute Gasteiger partial charge is 0.250 e. The number of methoxy groups -OCH3 is 1. The first kappa shape index (κ1) is 18.5. The van der Waals surface area contributed by atoms with Crippen LogP contribution in [0, 0.1) is 5.92 Å². The maximum Gasteiger partial charge on any atom is 0.250 e. The third kappa shape index (κ3) is 2.59. The number of hydrogen-bond donors (Lipinski definition) is 2. The molecular formula is C22H22ClN3O3.